The molecule has 4 aromatic rings. The minimum Gasteiger partial charge on any atom is -0.464 e. The molecule has 1 atom stereocenters. The van der Waals surface area contributed by atoms with Crippen molar-refractivity contribution in [1.29, 1.82) is 0 Å². The maximum atomic E-state index is 13.4. The normalized spacial score (nSPS) is 15.5. The fourth-order valence-electron chi connectivity index (χ4n) is 4.01. The summed E-state index contributed by atoms with van der Waals surface area (Å²) in [5, 5.41) is 0.457. The molecule has 1 unspecified atom stereocenters. The van der Waals surface area contributed by atoms with Gasteiger partial charge in [0.25, 0.3) is 10.0 Å². The van der Waals surface area contributed by atoms with Crippen LogP contribution in [0.5, 0.6) is 5.75 Å². The number of sulfonamides is 1. The van der Waals surface area contributed by atoms with Crippen LogP contribution in [-0.2, 0) is 16.4 Å². The Morgan fingerprint density at radius 3 is 2.26 bits per heavy atom. The second-order valence-corrected chi connectivity index (χ2v) is 10.4. The molecule has 0 N–H and O–H groups in total. The van der Waals surface area contributed by atoms with Gasteiger partial charge in [-0.2, -0.15) is 8.42 Å². The number of hydrogen-bond donors (Lipinski definition) is 0. The molecule has 0 saturated heterocycles. The van der Waals surface area contributed by atoms with Crippen LogP contribution in [0, 0.1) is 6.92 Å². The molecule has 35 heavy (non-hydrogen) atoms. The number of hydrogen-bond acceptors (Lipinski definition) is 3. The van der Waals surface area contributed by atoms with E-state index >= 15 is 0 Å². The van der Waals surface area contributed by atoms with Gasteiger partial charge in [0.1, 0.15) is 11.6 Å². The molecular weight excluding hydrogens is 480 g/mol. The summed E-state index contributed by atoms with van der Waals surface area (Å²) < 4.78 is 37.5. The van der Waals surface area contributed by atoms with Gasteiger partial charge in [-0.15, -0.1) is 4.40 Å². The Hall–Kier alpha value is -3.61. The van der Waals surface area contributed by atoms with Crippen molar-refractivity contribution in [3.8, 4) is 5.75 Å². The van der Waals surface area contributed by atoms with E-state index < -0.39 is 16.3 Å². The molecular formula is C28H23ClN2O3S. The average molecular weight is 503 g/mol. The number of fused-ring (bicyclic) bond motifs is 1. The lowest BCUT2D eigenvalue weighted by Gasteiger charge is -2.27. The van der Waals surface area contributed by atoms with Gasteiger partial charge in [-0.25, -0.2) is 0 Å². The smallest absolute Gasteiger partial charge is 0.283 e. The van der Waals surface area contributed by atoms with Crippen molar-refractivity contribution < 1.29 is 13.2 Å². The predicted molar refractivity (Wildman–Crippen MR) is 140 cm³/mol. The van der Waals surface area contributed by atoms with Crippen molar-refractivity contribution >= 4 is 33.1 Å². The number of amidine groups is 1. The van der Waals surface area contributed by atoms with Gasteiger partial charge in [0.2, 0.25) is 6.23 Å². The number of aryl methyl sites for hydroxylation is 1. The predicted octanol–water partition coefficient (Wildman–Crippen LogP) is 6.58. The van der Waals surface area contributed by atoms with Gasteiger partial charge < -0.3 is 4.74 Å². The first-order chi connectivity index (χ1) is 16.9. The van der Waals surface area contributed by atoms with E-state index in [1.54, 1.807) is 12.1 Å². The fourth-order valence-corrected chi connectivity index (χ4v) is 5.15. The minimum absolute atomic E-state index is 0.0768. The number of nitrogens with zero attached hydrogens (tertiary/aromatic N) is 2. The Labute approximate surface area is 210 Å². The van der Waals surface area contributed by atoms with Crippen LogP contribution in [0.1, 0.15) is 22.9 Å². The highest BCUT2D eigenvalue weighted by atomic mass is 35.5. The van der Waals surface area contributed by atoms with Crippen LogP contribution in [0.4, 0.5) is 5.69 Å². The van der Waals surface area contributed by atoms with Crippen LogP contribution in [0.3, 0.4) is 0 Å². The summed E-state index contributed by atoms with van der Waals surface area (Å²) in [5.41, 5.74) is 3.72. The molecule has 0 saturated carbocycles. The van der Waals surface area contributed by atoms with E-state index in [9.17, 15) is 8.42 Å². The Morgan fingerprint density at radius 1 is 0.886 bits per heavy atom. The lowest BCUT2D eigenvalue weighted by Crippen LogP contribution is -2.35. The van der Waals surface area contributed by atoms with E-state index in [4.69, 9.17) is 16.3 Å². The van der Waals surface area contributed by atoms with E-state index in [0.717, 1.165) is 22.4 Å². The quantitative estimate of drug-likeness (QED) is 0.228. The molecule has 1 aliphatic heterocycles. The molecule has 1 heterocycles. The van der Waals surface area contributed by atoms with Gasteiger partial charge in [-0.3, -0.25) is 4.90 Å². The molecule has 0 aliphatic carbocycles. The third kappa shape index (κ3) is 4.94. The van der Waals surface area contributed by atoms with Crippen molar-refractivity contribution in [3.05, 3.63) is 125 Å². The summed E-state index contributed by atoms with van der Waals surface area (Å²) in [4.78, 5) is 1.95. The minimum atomic E-state index is -4.02. The van der Waals surface area contributed by atoms with E-state index in [1.165, 1.54) is 12.1 Å². The number of ether oxygens (including phenoxy) is 1. The van der Waals surface area contributed by atoms with Gasteiger partial charge in [0.15, 0.2) is 0 Å². The van der Waals surface area contributed by atoms with Crippen LogP contribution in [0.25, 0.3) is 0 Å². The monoisotopic (exact) mass is 502 g/mol. The Bertz CT molecular complexity index is 1470. The molecule has 0 spiro atoms. The molecule has 0 bridgehead atoms. The van der Waals surface area contributed by atoms with Crippen molar-refractivity contribution in [2.75, 3.05) is 4.90 Å². The zero-order chi connectivity index (χ0) is 24.4. The molecule has 1 aliphatic rings. The second-order valence-electron chi connectivity index (χ2n) is 8.32. The second kappa shape index (κ2) is 9.56. The molecule has 7 heteroatoms. The summed E-state index contributed by atoms with van der Waals surface area (Å²) in [6, 6.07) is 31.3. The average Bonchev–Trinajstić information content (AvgIpc) is 3.25. The lowest BCUT2D eigenvalue weighted by molar-refractivity contribution is 0.243. The zero-order valence-corrected chi connectivity index (χ0v) is 20.6. The van der Waals surface area contributed by atoms with Crippen LogP contribution in [-0.4, -0.2) is 14.3 Å². The van der Waals surface area contributed by atoms with Gasteiger partial charge >= 0.3 is 0 Å². The van der Waals surface area contributed by atoms with Crippen LogP contribution >= 0.6 is 11.6 Å². The van der Waals surface area contributed by atoms with Crippen LogP contribution < -0.4 is 9.64 Å². The summed E-state index contributed by atoms with van der Waals surface area (Å²) in [7, 11) is -4.02. The highest BCUT2D eigenvalue weighted by molar-refractivity contribution is 7.90. The summed E-state index contributed by atoms with van der Waals surface area (Å²) in [6.45, 7) is 2.01. The summed E-state index contributed by atoms with van der Waals surface area (Å²) in [5.74, 6) is 1.03. The zero-order valence-electron chi connectivity index (χ0n) is 19.0. The first-order valence-corrected chi connectivity index (χ1v) is 13.0. The van der Waals surface area contributed by atoms with E-state index in [0.29, 0.717) is 23.0 Å². The van der Waals surface area contributed by atoms with Crippen molar-refractivity contribution in [1.82, 2.24) is 0 Å². The molecule has 4 aromatic carbocycles. The van der Waals surface area contributed by atoms with E-state index in [2.05, 4.69) is 4.40 Å². The molecule has 176 valence electrons. The summed E-state index contributed by atoms with van der Waals surface area (Å²) >= 11 is 5.98. The molecule has 0 aromatic heterocycles. The first-order valence-electron chi connectivity index (χ1n) is 11.2. The van der Waals surface area contributed by atoms with Crippen LogP contribution in [0.2, 0.25) is 5.02 Å². The van der Waals surface area contributed by atoms with Crippen LogP contribution in [0.15, 0.2) is 112 Å². The Kier molecular flexibility index (Phi) is 6.32. The van der Waals surface area contributed by atoms with Crippen molar-refractivity contribution in [2.24, 2.45) is 4.40 Å². The van der Waals surface area contributed by atoms with Gasteiger partial charge in [0.05, 0.1) is 10.6 Å². The molecule has 0 amide bonds. The topological polar surface area (TPSA) is 59.0 Å². The SMILES string of the molecule is Cc1ccc(C/C(=N/S(=O)(=O)c2ccc(Cl)cc2)N2c3ccccc3OC2c2ccccc2)cc1. The molecule has 5 nitrogen and oxygen atoms in total. The van der Waals surface area contributed by atoms with Gasteiger partial charge in [-0.05, 0) is 48.9 Å². The van der Waals surface area contributed by atoms with Crippen molar-refractivity contribution in [2.45, 2.75) is 24.5 Å². The fraction of sp³-hybridized carbons (Fsp3) is 0.107. The van der Waals surface area contributed by atoms with E-state index in [1.807, 2.05) is 90.7 Å². The van der Waals surface area contributed by atoms with Gasteiger partial charge in [0, 0.05) is 17.0 Å². The standard InChI is InChI=1S/C28H23ClN2O3S/c1-20-11-13-21(14-12-20)19-27(30-35(32,33)24-17-15-23(29)16-18-24)31-25-9-5-6-10-26(25)34-28(31)22-7-3-2-4-8-22/h2-18,28H,19H2,1H3/b30-27-. The Morgan fingerprint density at radius 2 is 1.54 bits per heavy atom. The highest BCUT2D eigenvalue weighted by Gasteiger charge is 2.36. The maximum Gasteiger partial charge on any atom is 0.283 e. The number of rotatable bonds is 5. The largest absolute Gasteiger partial charge is 0.464 e. The molecule has 5 rings (SSSR count). The lowest BCUT2D eigenvalue weighted by atomic mass is 10.1. The summed E-state index contributed by atoms with van der Waals surface area (Å²) in [6.07, 6.45) is -0.257. The maximum absolute atomic E-state index is 13.4. The molecule has 0 radical (unpaired) electrons. The number of anilines is 1. The number of para-hydroxylation sites is 2. The van der Waals surface area contributed by atoms with E-state index in [-0.39, 0.29) is 4.90 Å². The Balaban J connectivity index is 1.66. The molecule has 0 fully saturated rings. The third-order valence-corrected chi connectivity index (χ3v) is 7.35. The number of halogens is 1. The van der Waals surface area contributed by atoms with Gasteiger partial charge in [-0.1, -0.05) is 83.9 Å². The first kappa shape index (κ1) is 23.1. The van der Waals surface area contributed by atoms with Crippen molar-refractivity contribution in [3.63, 3.8) is 0 Å². The number of benzene rings is 4. The third-order valence-electron chi connectivity index (χ3n) is 5.78. The highest BCUT2D eigenvalue weighted by Crippen LogP contribution is 2.44.